The van der Waals surface area contributed by atoms with Gasteiger partial charge in [-0.25, -0.2) is 4.39 Å². The van der Waals surface area contributed by atoms with Crippen molar-refractivity contribution in [3.63, 3.8) is 0 Å². The predicted octanol–water partition coefficient (Wildman–Crippen LogP) is 3.27. The fourth-order valence-corrected chi connectivity index (χ4v) is 2.34. The molecule has 0 aliphatic rings. The SMILES string of the molecule is COc1ccc(Sc2ccc(C(=N)N)cc2F)cc1. The average molecular weight is 276 g/mol. The highest BCUT2D eigenvalue weighted by atomic mass is 32.2. The molecule has 2 rings (SSSR count). The van der Waals surface area contributed by atoms with Crippen molar-refractivity contribution in [1.82, 2.24) is 0 Å². The molecule has 0 fully saturated rings. The van der Waals surface area contributed by atoms with Gasteiger partial charge in [-0.1, -0.05) is 11.8 Å². The average Bonchev–Trinajstić information content (AvgIpc) is 2.41. The molecule has 3 N–H and O–H groups in total. The highest BCUT2D eigenvalue weighted by Crippen LogP contribution is 2.31. The van der Waals surface area contributed by atoms with E-state index in [1.54, 1.807) is 19.2 Å². The van der Waals surface area contributed by atoms with E-state index in [1.807, 2.05) is 24.3 Å². The van der Waals surface area contributed by atoms with Gasteiger partial charge in [0.15, 0.2) is 0 Å². The number of hydrogen-bond donors (Lipinski definition) is 2. The molecule has 19 heavy (non-hydrogen) atoms. The largest absolute Gasteiger partial charge is 0.497 e. The van der Waals surface area contributed by atoms with Crippen molar-refractivity contribution in [3.05, 3.63) is 53.8 Å². The van der Waals surface area contributed by atoms with Crippen LogP contribution in [0.1, 0.15) is 5.56 Å². The summed E-state index contributed by atoms with van der Waals surface area (Å²) < 4.78 is 18.9. The predicted molar refractivity (Wildman–Crippen MR) is 74.5 cm³/mol. The zero-order valence-electron chi connectivity index (χ0n) is 10.3. The van der Waals surface area contributed by atoms with Gasteiger partial charge in [0.1, 0.15) is 17.4 Å². The third-order valence-electron chi connectivity index (χ3n) is 2.53. The Kier molecular flexibility index (Phi) is 4.06. The number of nitrogen functional groups attached to an aromatic ring is 1. The lowest BCUT2D eigenvalue weighted by molar-refractivity contribution is 0.414. The van der Waals surface area contributed by atoms with Crippen LogP contribution >= 0.6 is 11.8 Å². The molecule has 0 saturated carbocycles. The minimum atomic E-state index is -0.381. The Bertz CT molecular complexity index is 599. The van der Waals surface area contributed by atoms with E-state index in [2.05, 4.69) is 0 Å². The Morgan fingerprint density at radius 3 is 2.42 bits per heavy atom. The molecule has 0 amide bonds. The van der Waals surface area contributed by atoms with E-state index in [1.165, 1.54) is 17.8 Å². The molecule has 0 aliphatic carbocycles. The van der Waals surface area contributed by atoms with Gasteiger partial charge >= 0.3 is 0 Å². The Hall–Kier alpha value is -2.01. The zero-order valence-corrected chi connectivity index (χ0v) is 11.1. The van der Waals surface area contributed by atoms with Crippen LogP contribution in [0.4, 0.5) is 4.39 Å². The molecule has 3 nitrogen and oxygen atoms in total. The number of amidine groups is 1. The maximum absolute atomic E-state index is 13.8. The standard InChI is InChI=1S/C14H13FN2OS/c1-18-10-3-5-11(6-4-10)19-13-7-2-9(14(16)17)8-12(13)15/h2-8H,1H3,(H3,16,17). The molecule has 0 heterocycles. The Morgan fingerprint density at radius 1 is 1.21 bits per heavy atom. The number of methoxy groups -OCH3 is 1. The fraction of sp³-hybridized carbons (Fsp3) is 0.0714. The summed E-state index contributed by atoms with van der Waals surface area (Å²) in [4.78, 5) is 1.41. The fourth-order valence-electron chi connectivity index (χ4n) is 1.52. The van der Waals surface area contributed by atoms with Gasteiger partial charge in [0.2, 0.25) is 0 Å². The van der Waals surface area contributed by atoms with E-state index in [0.29, 0.717) is 10.5 Å². The molecular weight excluding hydrogens is 263 g/mol. The number of hydrogen-bond acceptors (Lipinski definition) is 3. The van der Waals surface area contributed by atoms with Crippen LogP contribution < -0.4 is 10.5 Å². The van der Waals surface area contributed by atoms with Gasteiger partial charge in [-0.2, -0.15) is 0 Å². The van der Waals surface area contributed by atoms with Gasteiger partial charge in [0, 0.05) is 15.4 Å². The number of halogens is 1. The van der Waals surface area contributed by atoms with Crippen LogP contribution in [-0.2, 0) is 0 Å². The summed E-state index contributed by atoms with van der Waals surface area (Å²) in [5.74, 6) is 0.241. The van der Waals surface area contributed by atoms with E-state index >= 15 is 0 Å². The van der Waals surface area contributed by atoms with E-state index in [0.717, 1.165) is 10.6 Å². The lowest BCUT2D eigenvalue weighted by Gasteiger charge is -2.06. The number of rotatable bonds is 4. The topological polar surface area (TPSA) is 59.1 Å². The molecule has 98 valence electrons. The van der Waals surface area contributed by atoms with Crippen molar-refractivity contribution >= 4 is 17.6 Å². The number of benzene rings is 2. The van der Waals surface area contributed by atoms with Crippen molar-refractivity contribution < 1.29 is 9.13 Å². The van der Waals surface area contributed by atoms with Crippen molar-refractivity contribution in [2.45, 2.75) is 9.79 Å². The monoisotopic (exact) mass is 276 g/mol. The summed E-state index contributed by atoms with van der Waals surface area (Å²) in [6.07, 6.45) is 0. The van der Waals surface area contributed by atoms with E-state index in [4.69, 9.17) is 15.9 Å². The molecule has 0 spiro atoms. The van der Waals surface area contributed by atoms with Crippen LogP contribution in [0.15, 0.2) is 52.3 Å². The lowest BCUT2D eigenvalue weighted by Crippen LogP contribution is -2.11. The smallest absolute Gasteiger partial charge is 0.137 e. The second kappa shape index (κ2) is 5.75. The van der Waals surface area contributed by atoms with E-state index in [-0.39, 0.29) is 11.7 Å². The summed E-state index contributed by atoms with van der Waals surface area (Å²) in [5.41, 5.74) is 5.70. The Morgan fingerprint density at radius 2 is 1.89 bits per heavy atom. The Labute approximate surface area is 115 Å². The summed E-state index contributed by atoms with van der Waals surface area (Å²) in [7, 11) is 1.60. The minimum absolute atomic E-state index is 0.139. The van der Waals surface area contributed by atoms with Crippen molar-refractivity contribution in [2.75, 3.05) is 7.11 Å². The van der Waals surface area contributed by atoms with Crippen LogP contribution in [0.25, 0.3) is 0 Å². The van der Waals surface area contributed by atoms with Crippen LogP contribution in [0, 0.1) is 11.2 Å². The van der Waals surface area contributed by atoms with Gasteiger partial charge in [-0.05, 0) is 42.5 Å². The molecule has 0 atom stereocenters. The molecule has 0 radical (unpaired) electrons. The Balaban J connectivity index is 2.20. The molecule has 0 unspecified atom stereocenters. The molecule has 0 aliphatic heterocycles. The maximum atomic E-state index is 13.8. The summed E-state index contributed by atoms with van der Waals surface area (Å²) in [6.45, 7) is 0. The molecule has 0 bridgehead atoms. The lowest BCUT2D eigenvalue weighted by atomic mass is 10.2. The first-order chi connectivity index (χ1) is 9.10. The van der Waals surface area contributed by atoms with Crippen LogP contribution in [0.2, 0.25) is 0 Å². The normalized spacial score (nSPS) is 10.2. The highest BCUT2D eigenvalue weighted by molar-refractivity contribution is 7.99. The van der Waals surface area contributed by atoms with E-state index < -0.39 is 0 Å². The van der Waals surface area contributed by atoms with E-state index in [9.17, 15) is 4.39 Å². The maximum Gasteiger partial charge on any atom is 0.137 e. The first-order valence-electron chi connectivity index (χ1n) is 5.56. The van der Waals surface area contributed by atoms with Gasteiger partial charge in [-0.15, -0.1) is 0 Å². The molecule has 2 aromatic rings. The molecule has 0 saturated heterocycles. The first-order valence-corrected chi connectivity index (χ1v) is 6.37. The summed E-state index contributed by atoms with van der Waals surface area (Å²) in [6, 6.07) is 11.9. The zero-order chi connectivity index (χ0) is 13.8. The quantitative estimate of drug-likeness (QED) is 0.665. The van der Waals surface area contributed by atoms with Gasteiger partial charge < -0.3 is 10.5 Å². The minimum Gasteiger partial charge on any atom is -0.497 e. The van der Waals surface area contributed by atoms with Gasteiger partial charge in [0.25, 0.3) is 0 Å². The summed E-state index contributed by atoms with van der Waals surface area (Å²) in [5, 5.41) is 7.26. The van der Waals surface area contributed by atoms with Crippen LogP contribution in [-0.4, -0.2) is 12.9 Å². The van der Waals surface area contributed by atoms with Crippen LogP contribution in [0.3, 0.4) is 0 Å². The van der Waals surface area contributed by atoms with Crippen molar-refractivity contribution in [3.8, 4) is 5.75 Å². The number of nitrogens with two attached hydrogens (primary N) is 1. The van der Waals surface area contributed by atoms with Gasteiger partial charge in [-0.3, -0.25) is 5.41 Å². The molecule has 2 aromatic carbocycles. The third-order valence-corrected chi connectivity index (χ3v) is 3.59. The second-order valence-electron chi connectivity index (χ2n) is 3.84. The summed E-state index contributed by atoms with van der Waals surface area (Å²) >= 11 is 1.31. The highest BCUT2D eigenvalue weighted by Gasteiger charge is 2.07. The number of nitrogens with one attached hydrogen (secondary N) is 1. The first kappa shape index (κ1) is 13.4. The molecule has 0 aromatic heterocycles. The molecular formula is C14H13FN2OS. The van der Waals surface area contributed by atoms with Crippen LogP contribution in [0.5, 0.6) is 5.75 Å². The van der Waals surface area contributed by atoms with Crippen molar-refractivity contribution in [1.29, 1.82) is 5.41 Å². The molecule has 5 heteroatoms. The third kappa shape index (κ3) is 3.26. The number of ether oxygens (including phenoxy) is 1. The second-order valence-corrected chi connectivity index (χ2v) is 4.95. The van der Waals surface area contributed by atoms with Gasteiger partial charge in [0.05, 0.1) is 7.11 Å². The van der Waals surface area contributed by atoms with Crippen molar-refractivity contribution in [2.24, 2.45) is 5.73 Å².